The lowest BCUT2D eigenvalue weighted by molar-refractivity contribution is -0.111. The Kier molecular flexibility index (Phi) is 5.63. The first-order valence-corrected chi connectivity index (χ1v) is 8.68. The maximum atomic E-state index is 12.0. The largest absolute Gasteiger partial charge is 0.370 e. The standard InChI is InChI=1S/C20H22N4O2/c1-21-20(26)16-7-4-15(5-8-16)6-11-19(25)23-18-10-9-17(14-22-18)24-12-2-3-13-24/h4-11,14H,2-3,12-13H2,1H3,(H,21,26)(H,22,23,25). The molecule has 0 radical (unpaired) electrons. The summed E-state index contributed by atoms with van der Waals surface area (Å²) in [6.07, 6.45) is 7.37. The Labute approximate surface area is 152 Å². The summed E-state index contributed by atoms with van der Waals surface area (Å²) >= 11 is 0. The van der Waals surface area contributed by atoms with Crippen LogP contribution in [0.2, 0.25) is 0 Å². The normalized spacial score (nSPS) is 13.8. The second-order valence-corrected chi connectivity index (χ2v) is 6.12. The van der Waals surface area contributed by atoms with E-state index >= 15 is 0 Å². The number of nitrogens with one attached hydrogen (secondary N) is 2. The van der Waals surface area contributed by atoms with Gasteiger partial charge in [-0.15, -0.1) is 0 Å². The van der Waals surface area contributed by atoms with E-state index in [4.69, 9.17) is 0 Å². The zero-order valence-electron chi connectivity index (χ0n) is 14.7. The van der Waals surface area contributed by atoms with Crippen molar-refractivity contribution in [3.05, 3.63) is 59.8 Å². The Morgan fingerprint density at radius 2 is 1.81 bits per heavy atom. The number of amides is 2. The minimum Gasteiger partial charge on any atom is -0.370 e. The van der Waals surface area contributed by atoms with E-state index in [0.29, 0.717) is 11.4 Å². The SMILES string of the molecule is CNC(=O)c1ccc(C=CC(=O)Nc2ccc(N3CCCC3)cn2)cc1. The van der Waals surface area contributed by atoms with E-state index in [1.165, 1.54) is 18.9 Å². The molecule has 0 saturated carbocycles. The number of hydrogen-bond acceptors (Lipinski definition) is 4. The molecule has 1 saturated heterocycles. The van der Waals surface area contributed by atoms with Gasteiger partial charge in [-0.2, -0.15) is 0 Å². The van der Waals surface area contributed by atoms with Crippen LogP contribution in [0.1, 0.15) is 28.8 Å². The predicted molar refractivity (Wildman–Crippen MR) is 103 cm³/mol. The number of pyridine rings is 1. The molecule has 1 aliphatic rings. The first kappa shape index (κ1) is 17.7. The van der Waals surface area contributed by atoms with E-state index in [1.807, 2.05) is 12.1 Å². The van der Waals surface area contributed by atoms with Crippen molar-refractivity contribution in [2.75, 3.05) is 30.4 Å². The van der Waals surface area contributed by atoms with E-state index in [1.54, 1.807) is 43.6 Å². The molecular weight excluding hydrogens is 328 g/mol. The highest BCUT2D eigenvalue weighted by molar-refractivity contribution is 6.01. The van der Waals surface area contributed by atoms with Crippen LogP contribution in [0.3, 0.4) is 0 Å². The molecule has 2 N–H and O–H groups in total. The monoisotopic (exact) mass is 350 g/mol. The van der Waals surface area contributed by atoms with Gasteiger partial charge in [0.25, 0.3) is 5.91 Å². The topological polar surface area (TPSA) is 74.3 Å². The Bertz CT molecular complexity index is 792. The summed E-state index contributed by atoms with van der Waals surface area (Å²) in [4.78, 5) is 30.1. The molecule has 1 fully saturated rings. The molecule has 6 heteroatoms. The average Bonchev–Trinajstić information content (AvgIpc) is 3.21. The molecule has 0 atom stereocenters. The highest BCUT2D eigenvalue weighted by Gasteiger charge is 2.12. The van der Waals surface area contributed by atoms with Crippen LogP contribution in [0, 0.1) is 0 Å². The molecule has 2 heterocycles. The minimum atomic E-state index is -0.248. The van der Waals surface area contributed by atoms with Gasteiger partial charge in [-0.3, -0.25) is 9.59 Å². The number of rotatable bonds is 5. The fourth-order valence-electron chi connectivity index (χ4n) is 2.85. The third-order valence-electron chi connectivity index (χ3n) is 4.30. The van der Waals surface area contributed by atoms with Crippen LogP contribution >= 0.6 is 0 Å². The van der Waals surface area contributed by atoms with E-state index in [-0.39, 0.29) is 11.8 Å². The lowest BCUT2D eigenvalue weighted by Gasteiger charge is -2.16. The Balaban J connectivity index is 1.56. The molecule has 26 heavy (non-hydrogen) atoms. The van der Waals surface area contributed by atoms with Crippen LogP contribution < -0.4 is 15.5 Å². The van der Waals surface area contributed by atoms with Gasteiger partial charge < -0.3 is 15.5 Å². The van der Waals surface area contributed by atoms with E-state index < -0.39 is 0 Å². The lowest BCUT2D eigenvalue weighted by atomic mass is 10.1. The number of carbonyl (C=O) groups excluding carboxylic acids is 2. The maximum absolute atomic E-state index is 12.0. The minimum absolute atomic E-state index is 0.137. The zero-order chi connectivity index (χ0) is 18.4. The fourth-order valence-corrected chi connectivity index (χ4v) is 2.85. The summed E-state index contributed by atoms with van der Waals surface area (Å²) in [5, 5.41) is 5.32. The van der Waals surface area contributed by atoms with Gasteiger partial charge in [0.05, 0.1) is 11.9 Å². The second-order valence-electron chi connectivity index (χ2n) is 6.12. The number of nitrogens with zero attached hydrogens (tertiary/aromatic N) is 2. The Morgan fingerprint density at radius 1 is 1.08 bits per heavy atom. The number of benzene rings is 1. The summed E-state index contributed by atoms with van der Waals surface area (Å²) in [5.41, 5.74) is 2.51. The molecule has 6 nitrogen and oxygen atoms in total. The predicted octanol–water partition coefficient (Wildman–Crippen LogP) is 2.69. The Morgan fingerprint density at radius 3 is 2.42 bits per heavy atom. The maximum Gasteiger partial charge on any atom is 0.251 e. The molecule has 0 aliphatic carbocycles. The van der Waals surface area contributed by atoms with E-state index in [2.05, 4.69) is 20.5 Å². The highest BCUT2D eigenvalue weighted by Crippen LogP contribution is 2.20. The van der Waals surface area contributed by atoms with Crippen LogP contribution in [-0.2, 0) is 4.79 Å². The molecule has 1 aromatic heterocycles. The van der Waals surface area contributed by atoms with E-state index in [9.17, 15) is 9.59 Å². The summed E-state index contributed by atoms with van der Waals surface area (Å²) in [5.74, 6) is 0.140. The lowest BCUT2D eigenvalue weighted by Crippen LogP contribution is -2.18. The summed E-state index contributed by atoms with van der Waals surface area (Å²) in [6, 6.07) is 10.8. The van der Waals surface area contributed by atoms with Crippen molar-refractivity contribution in [3.8, 4) is 0 Å². The van der Waals surface area contributed by atoms with Crippen molar-refractivity contribution in [3.63, 3.8) is 0 Å². The van der Waals surface area contributed by atoms with E-state index in [0.717, 1.165) is 24.3 Å². The third kappa shape index (κ3) is 4.47. The first-order chi connectivity index (χ1) is 12.7. The molecule has 1 aliphatic heterocycles. The second kappa shape index (κ2) is 8.29. The summed E-state index contributed by atoms with van der Waals surface area (Å²) in [7, 11) is 1.59. The smallest absolute Gasteiger partial charge is 0.251 e. The van der Waals surface area contributed by atoms with Crippen molar-refractivity contribution in [1.29, 1.82) is 0 Å². The number of aromatic nitrogens is 1. The molecule has 2 aromatic rings. The molecule has 134 valence electrons. The van der Waals surface area contributed by atoms with Gasteiger partial charge in [0, 0.05) is 31.8 Å². The van der Waals surface area contributed by atoms with Gasteiger partial charge in [0.2, 0.25) is 5.91 Å². The molecule has 0 bridgehead atoms. The van der Waals surface area contributed by atoms with Crippen molar-refractivity contribution >= 4 is 29.4 Å². The van der Waals surface area contributed by atoms with Gasteiger partial charge in [0.15, 0.2) is 0 Å². The van der Waals surface area contributed by atoms with Crippen LogP contribution in [0.5, 0.6) is 0 Å². The number of anilines is 2. The number of hydrogen-bond donors (Lipinski definition) is 2. The van der Waals surface area contributed by atoms with Crippen LogP contribution in [-0.4, -0.2) is 36.9 Å². The van der Waals surface area contributed by atoms with Gasteiger partial charge >= 0.3 is 0 Å². The quantitative estimate of drug-likeness (QED) is 0.813. The van der Waals surface area contributed by atoms with Crippen LogP contribution in [0.25, 0.3) is 6.08 Å². The summed E-state index contributed by atoms with van der Waals surface area (Å²) in [6.45, 7) is 2.13. The molecular formula is C20H22N4O2. The molecule has 0 spiro atoms. The van der Waals surface area contributed by atoms with Crippen molar-refractivity contribution in [2.45, 2.75) is 12.8 Å². The van der Waals surface area contributed by atoms with Crippen LogP contribution in [0.4, 0.5) is 11.5 Å². The van der Waals surface area contributed by atoms with Crippen molar-refractivity contribution < 1.29 is 9.59 Å². The van der Waals surface area contributed by atoms with Crippen molar-refractivity contribution in [1.82, 2.24) is 10.3 Å². The van der Waals surface area contributed by atoms with Crippen molar-refractivity contribution in [2.24, 2.45) is 0 Å². The first-order valence-electron chi connectivity index (χ1n) is 8.68. The molecule has 2 amide bonds. The Hall–Kier alpha value is -3.15. The van der Waals surface area contributed by atoms with Gasteiger partial charge in [-0.1, -0.05) is 12.1 Å². The molecule has 1 aromatic carbocycles. The average molecular weight is 350 g/mol. The zero-order valence-corrected chi connectivity index (χ0v) is 14.7. The fraction of sp³-hybridized carbons (Fsp3) is 0.250. The van der Waals surface area contributed by atoms with Gasteiger partial charge in [0.1, 0.15) is 5.82 Å². The molecule has 3 rings (SSSR count). The molecule has 0 unspecified atom stereocenters. The van der Waals surface area contributed by atoms with Gasteiger partial charge in [-0.05, 0) is 48.7 Å². The number of carbonyl (C=O) groups is 2. The van der Waals surface area contributed by atoms with Crippen LogP contribution in [0.15, 0.2) is 48.7 Å². The highest BCUT2D eigenvalue weighted by atomic mass is 16.2. The van der Waals surface area contributed by atoms with Gasteiger partial charge in [-0.25, -0.2) is 4.98 Å². The summed E-state index contributed by atoms with van der Waals surface area (Å²) < 4.78 is 0. The third-order valence-corrected chi connectivity index (χ3v) is 4.30.